The molecule has 0 spiro atoms. The van der Waals surface area contributed by atoms with Gasteiger partial charge < -0.3 is 8.97 Å². The molecule has 0 saturated carbocycles. The van der Waals surface area contributed by atoms with Gasteiger partial charge in [0.15, 0.2) is 0 Å². The van der Waals surface area contributed by atoms with Crippen molar-refractivity contribution in [3.63, 3.8) is 0 Å². The highest BCUT2D eigenvalue weighted by Crippen LogP contribution is 2.50. The Morgan fingerprint density at radius 2 is 0.985 bits per heavy atom. The zero-order valence-corrected chi connectivity index (χ0v) is 38.5. The molecule has 6 aromatic heterocycles. The first-order valence-electron chi connectivity index (χ1n) is 23.7. The molecule has 6 heterocycles. The van der Waals surface area contributed by atoms with Crippen molar-refractivity contribution in [2.75, 3.05) is 0 Å². The molecule has 0 atom stereocenters. The van der Waals surface area contributed by atoms with Crippen LogP contribution >= 0.6 is 0 Å². The molecule has 0 radical (unpaired) electrons. The van der Waals surface area contributed by atoms with Crippen molar-refractivity contribution in [1.29, 1.82) is 0 Å². The summed E-state index contributed by atoms with van der Waals surface area (Å²) in [4.78, 5) is 5.95. The van der Waals surface area contributed by atoms with Gasteiger partial charge in [-0.05, 0) is 122 Å². The number of hydrogen-bond acceptors (Lipinski definition) is 1. The fraction of sp³-hybridized carbons (Fsp3) is 0.127. The molecule has 318 valence electrons. The highest BCUT2D eigenvalue weighted by molar-refractivity contribution is 6.36. The van der Waals surface area contributed by atoms with E-state index in [0.717, 1.165) is 16.7 Å². The van der Waals surface area contributed by atoms with Gasteiger partial charge in [-0.3, -0.25) is 4.40 Å². The summed E-state index contributed by atoms with van der Waals surface area (Å²) >= 11 is 0. The van der Waals surface area contributed by atoms with Crippen LogP contribution in [0.3, 0.4) is 0 Å². The van der Waals surface area contributed by atoms with E-state index in [0.29, 0.717) is 0 Å². The lowest BCUT2D eigenvalue weighted by atomic mass is 9.83. The van der Waals surface area contributed by atoms with Gasteiger partial charge in [-0.2, -0.15) is 0 Å². The van der Waals surface area contributed by atoms with Crippen LogP contribution in [-0.4, -0.2) is 18.4 Å². The average Bonchev–Trinajstić information content (AvgIpc) is 4.12. The van der Waals surface area contributed by atoms with Gasteiger partial charge in [-0.25, -0.2) is 4.98 Å². The summed E-state index contributed by atoms with van der Waals surface area (Å²) in [5.41, 5.74) is 16.6. The first-order chi connectivity index (χ1) is 32.5. The number of fused-ring (bicyclic) bond motifs is 19. The first kappa shape index (κ1) is 37.3. The zero-order chi connectivity index (χ0) is 44.8. The van der Waals surface area contributed by atoms with E-state index in [4.69, 9.17) is 4.98 Å². The number of hydrogen-bond donors (Lipinski definition) is 0. The van der Waals surface area contributed by atoms with Gasteiger partial charge in [0.05, 0.1) is 44.1 Å². The molecule has 0 bridgehead atoms. The largest absolute Gasteiger partial charge is 0.309 e. The molecule has 0 amide bonds. The third-order valence-corrected chi connectivity index (χ3v) is 15.3. The van der Waals surface area contributed by atoms with E-state index in [9.17, 15) is 0 Å². The molecule has 0 saturated heterocycles. The molecular formula is C63H46N4. The van der Waals surface area contributed by atoms with E-state index < -0.39 is 0 Å². The van der Waals surface area contributed by atoms with Gasteiger partial charge in [-0.1, -0.05) is 139 Å². The molecular weight excluding hydrogens is 813 g/mol. The lowest BCUT2D eigenvalue weighted by molar-refractivity contribution is 0.591. The van der Waals surface area contributed by atoms with Crippen molar-refractivity contribution in [3.05, 3.63) is 181 Å². The van der Waals surface area contributed by atoms with Gasteiger partial charge in [0.1, 0.15) is 5.65 Å². The predicted octanol–water partition coefficient (Wildman–Crippen LogP) is 17.0. The molecule has 4 heteroatoms. The van der Waals surface area contributed by atoms with Crippen LogP contribution in [0.25, 0.3) is 137 Å². The van der Waals surface area contributed by atoms with Crippen molar-refractivity contribution in [1.82, 2.24) is 18.4 Å². The van der Waals surface area contributed by atoms with Gasteiger partial charge in [0.2, 0.25) is 0 Å². The molecule has 0 N–H and O–H groups in total. The number of rotatable bonds is 2. The number of pyridine rings is 1. The number of nitrogens with zero attached hydrogens (tertiary/aromatic N) is 4. The van der Waals surface area contributed by atoms with Crippen LogP contribution in [0.1, 0.15) is 52.7 Å². The Labute approximate surface area is 386 Å². The minimum absolute atomic E-state index is 0.0747. The van der Waals surface area contributed by atoms with Crippen LogP contribution < -0.4 is 0 Å². The van der Waals surface area contributed by atoms with Gasteiger partial charge in [0.25, 0.3) is 0 Å². The summed E-state index contributed by atoms with van der Waals surface area (Å²) in [5, 5.41) is 16.4. The smallest absolute Gasteiger partial charge is 0.146 e. The minimum atomic E-state index is -0.0839. The molecule has 0 unspecified atom stereocenters. The molecule has 9 aromatic carbocycles. The molecule has 0 fully saturated rings. The molecule has 0 aliphatic rings. The van der Waals surface area contributed by atoms with Crippen LogP contribution in [0, 0.1) is 0 Å². The molecule has 67 heavy (non-hydrogen) atoms. The molecule has 0 aliphatic carbocycles. The second-order valence-corrected chi connectivity index (χ2v) is 21.2. The van der Waals surface area contributed by atoms with E-state index in [2.05, 4.69) is 225 Å². The highest BCUT2D eigenvalue weighted by Gasteiger charge is 2.29. The van der Waals surface area contributed by atoms with E-state index in [1.807, 2.05) is 0 Å². The van der Waals surface area contributed by atoms with Gasteiger partial charge in [-0.15, -0.1) is 0 Å². The second kappa shape index (κ2) is 12.5. The Balaban J connectivity index is 1.13. The topological polar surface area (TPSA) is 26.6 Å². The average molecular weight is 859 g/mol. The van der Waals surface area contributed by atoms with Crippen molar-refractivity contribution >= 4 is 120 Å². The quantitative estimate of drug-likeness (QED) is 0.170. The van der Waals surface area contributed by atoms with E-state index in [1.165, 1.54) is 131 Å². The SMILES string of the molecule is CC(C)(C)c1cc(-c2ccc3c(c2)c2ccccc2n3-c2ccccc2)c2c(c1)c1cc(C(C)(C)C)cc3c4cc5c(nc4n2c31)c1cc2ccccc2c2c3c4ccccc4ccc3n5c12. The Morgan fingerprint density at radius 1 is 0.373 bits per heavy atom. The lowest BCUT2D eigenvalue weighted by Crippen LogP contribution is -2.11. The summed E-state index contributed by atoms with van der Waals surface area (Å²) in [5.74, 6) is 0. The molecule has 4 nitrogen and oxygen atoms in total. The minimum Gasteiger partial charge on any atom is -0.309 e. The Kier molecular flexibility index (Phi) is 6.94. The van der Waals surface area contributed by atoms with Crippen molar-refractivity contribution in [2.24, 2.45) is 0 Å². The normalized spacial score (nSPS) is 13.2. The van der Waals surface area contributed by atoms with E-state index >= 15 is 0 Å². The maximum atomic E-state index is 5.95. The van der Waals surface area contributed by atoms with Gasteiger partial charge in [0, 0.05) is 59.7 Å². The fourth-order valence-electron chi connectivity index (χ4n) is 12.1. The monoisotopic (exact) mass is 858 g/mol. The number of para-hydroxylation sites is 2. The summed E-state index contributed by atoms with van der Waals surface area (Å²) in [6.07, 6.45) is 0. The summed E-state index contributed by atoms with van der Waals surface area (Å²) in [6, 6.07) is 64.0. The maximum absolute atomic E-state index is 5.95. The molecule has 15 aromatic rings. The van der Waals surface area contributed by atoms with Gasteiger partial charge >= 0.3 is 0 Å². The zero-order valence-electron chi connectivity index (χ0n) is 38.5. The fourth-order valence-corrected chi connectivity index (χ4v) is 12.1. The Morgan fingerprint density at radius 3 is 1.75 bits per heavy atom. The lowest BCUT2D eigenvalue weighted by Gasteiger charge is -2.22. The summed E-state index contributed by atoms with van der Waals surface area (Å²) in [7, 11) is 0. The predicted molar refractivity (Wildman–Crippen MR) is 286 cm³/mol. The van der Waals surface area contributed by atoms with Crippen LogP contribution in [0.2, 0.25) is 0 Å². The maximum Gasteiger partial charge on any atom is 0.146 e. The second-order valence-electron chi connectivity index (χ2n) is 21.2. The third-order valence-electron chi connectivity index (χ3n) is 15.3. The molecule has 15 rings (SSSR count). The molecule has 0 aliphatic heterocycles. The van der Waals surface area contributed by atoms with Crippen LogP contribution in [-0.2, 0) is 10.8 Å². The third kappa shape index (κ3) is 4.79. The van der Waals surface area contributed by atoms with Crippen molar-refractivity contribution < 1.29 is 0 Å². The van der Waals surface area contributed by atoms with Crippen molar-refractivity contribution in [2.45, 2.75) is 52.4 Å². The van der Waals surface area contributed by atoms with E-state index in [-0.39, 0.29) is 10.8 Å². The Bertz CT molecular complexity index is 4620. The first-order valence-corrected chi connectivity index (χ1v) is 23.7. The summed E-state index contributed by atoms with van der Waals surface area (Å²) < 4.78 is 7.48. The standard InChI is InChI=1S/C63H46N4/c1-62(2,3)38-30-44(37-25-26-52-45(28-37)43-22-14-15-23-51(43)65(52)40-18-8-7-9-19-40)58-46(31-38)47-32-39(63(4,5)6)33-48-49-34-54-57(64-61(49)67(58)59(47)48)50-29-36-17-11-13-21-42(36)56-55-41-20-12-10-16-35(41)24-27-53(55)66(54)60(50)56/h7-34H,1-6H3. The number of aromatic nitrogens is 4. The summed E-state index contributed by atoms with van der Waals surface area (Å²) in [6.45, 7) is 14.1. The van der Waals surface area contributed by atoms with E-state index in [1.54, 1.807) is 0 Å². The van der Waals surface area contributed by atoms with Crippen LogP contribution in [0.5, 0.6) is 0 Å². The Hall–Kier alpha value is -7.95. The van der Waals surface area contributed by atoms with Crippen LogP contribution in [0.4, 0.5) is 0 Å². The number of benzene rings is 9. The van der Waals surface area contributed by atoms with Crippen LogP contribution in [0.15, 0.2) is 170 Å². The van der Waals surface area contributed by atoms with Crippen molar-refractivity contribution in [3.8, 4) is 16.8 Å². The highest BCUT2D eigenvalue weighted by atomic mass is 15.0.